The number of nitrogens with zero attached hydrogens (tertiary/aromatic N) is 1. The Hall–Kier alpha value is -2.09. The number of sulfonamides is 1. The minimum atomic E-state index is -3.49. The first kappa shape index (κ1) is 22.2. The number of urea groups is 1. The monoisotopic (exact) mass is 423 g/mol. The van der Waals surface area contributed by atoms with E-state index in [9.17, 15) is 13.2 Å². The van der Waals surface area contributed by atoms with E-state index in [1.165, 1.54) is 4.31 Å². The number of hydrogen-bond acceptors (Lipinski definition) is 3. The van der Waals surface area contributed by atoms with Gasteiger partial charge in [0, 0.05) is 24.7 Å². The number of carbonyl (C=O) groups excluding carboxylic acids is 1. The van der Waals surface area contributed by atoms with Crippen molar-refractivity contribution in [3.05, 3.63) is 64.7 Å². The van der Waals surface area contributed by atoms with Crippen molar-refractivity contribution in [2.75, 3.05) is 13.1 Å². The second kappa shape index (κ2) is 9.91. The summed E-state index contributed by atoms with van der Waals surface area (Å²) in [6.07, 6.45) is 0. The van der Waals surface area contributed by atoms with Crippen molar-refractivity contribution in [2.24, 2.45) is 0 Å². The lowest BCUT2D eigenvalue weighted by molar-refractivity contribution is 0.237. The van der Waals surface area contributed by atoms with Crippen LogP contribution < -0.4 is 10.6 Å². The molecule has 2 rings (SSSR count). The standard InChI is InChI=1S/C20H26ClN3O3S/c1-4-24(5-2)28(26,27)19-11-9-17(10-12-19)15(3)23-20(25)22-14-16-7-6-8-18(21)13-16/h6-13,15H,4-5,14H2,1-3H3,(H2,22,23,25)/t15-/m0/s1. The Morgan fingerprint density at radius 3 is 2.32 bits per heavy atom. The lowest BCUT2D eigenvalue weighted by Gasteiger charge is -2.19. The molecule has 0 spiro atoms. The van der Waals surface area contributed by atoms with Gasteiger partial charge < -0.3 is 10.6 Å². The molecule has 0 aromatic heterocycles. The predicted octanol–water partition coefficient (Wildman–Crippen LogP) is 3.93. The van der Waals surface area contributed by atoms with Crippen molar-refractivity contribution in [1.82, 2.24) is 14.9 Å². The summed E-state index contributed by atoms with van der Waals surface area (Å²) >= 11 is 5.93. The van der Waals surface area contributed by atoms with Crippen molar-refractivity contribution < 1.29 is 13.2 Å². The van der Waals surface area contributed by atoms with E-state index >= 15 is 0 Å². The van der Waals surface area contributed by atoms with E-state index in [-0.39, 0.29) is 17.0 Å². The number of halogens is 1. The average molecular weight is 424 g/mol. The molecule has 2 amide bonds. The Morgan fingerprint density at radius 2 is 1.75 bits per heavy atom. The van der Waals surface area contributed by atoms with Crippen LogP contribution in [0.3, 0.4) is 0 Å². The number of amides is 2. The molecular weight excluding hydrogens is 398 g/mol. The normalized spacial score (nSPS) is 12.6. The maximum atomic E-state index is 12.5. The molecule has 0 bridgehead atoms. The third-order valence-corrected chi connectivity index (χ3v) is 6.71. The molecule has 0 saturated carbocycles. The van der Waals surface area contributed by atoms with Gasteiger partial charge in [0.15, 0.2) is 0 Å². The zero-order valence-electron chi connectivity index (χ0n) is 16.3. The van der Waals surface area contributed by atoms with E-state index < -0.39 is 10.0 Å². The molecule has 0 saturated heterocycles. The minimum Gasteiger partial charge on any atom is -0.334 e. The van der Waals surface area contributed by atoms with Crippen LogP contribution in [0.2, 0.25) is 5.02 Å². The molecular formula is C20H26ClN3O3S. The van der Waals surface area contributed by atoms with Crippen molar-refractivity contribution in [2.45, 2.75) is 38.3 Å². The van der Waals surface area contributed by atoms with E-state index in [1.54, 1.807) is 36.4 Å². The molecule has 0 aliphatic heterocycles. The van der Waals surface area contributed by atoms with Gasteiger partial charge in [0.05, 0.1) is 10.9 Å². The number of carbonyl (C=O) groups is 1. The molecule has 2 aromatic rings. The number of nitrogens with one attached hydrogen (secondary N) is 2. The van der Waals surface area contributed by atoms with Crippen molar-refractivity contribution in [1.29, 1.82) is 0 Å². The highest BCUT2D eigenvalue weighted by atomic mass is 35.5. The van der Waals surface area contributed by atoms with Gasteiger partial charge >= 0.3 is 6.03 Å². The lowest BCUT2D eigenvalue weighted by atomic mass is 10.1. The van der Waals surface area contributed by atoms with E-state index in [0.29, 0.717) is 24.7 Å². The smallest absolute Gasteiger partial charge is 0.315 e. The third kappa shape index (κ3) is 5.70. The van der Waals surface area contributed by atoms with Crippen molar-refractivity contribution >= 4 is 27.7 Å². The summed E-state index contributed by atoms with van der Waals surface area (Å²) in [6.45, 7) is 6.66. The molecule has 0 heterocycles. The summed E-state index contributed by atoms with van der Waals surface area (Å²) in [7, 11) is -3.49. The Kier molecular flexibility index (Phi) is 7.86. The van der Waals surface area contributed by atoms with Gasteiger partial charge in [0.2, 0.25) is 10.0 Å². The van der Waals surface area contributed by atoms with Crippen LogP contribution >= 0.6 is 11.6 Å². The SMILES string of the molecule is CCN(CC)S(=O)(=O)c1ccc([C@H](C)NC(=O)NCc2cccc(Cl)c2)cc1. The summed E-state index contributed by atoms with van der Waals surface area (Å²) in [5.41, 5.74) is 1.72. The lowest BCUT2D eigenvalue weighted by Crippen LogP contribution is -2.36. The van der Waals surface area contributed by atoms with Gasteiger partial charge in [0.25, 0.3) is 0 Å². The first-order chi connectivity index (χ1) is 13.3. The first-order valence-corrected chi connectivity index (χ1v) is 11.0. The highest BCUT2D eigenvalue weighted by Crippen LogP contribution is 2.19. The fourth-order valence-corrected chi connectivity index (χ4v) is 4.47. The molecule has 0 unspecified atom stereocenters. The summed E-state index contributed by atoms with van der Waals surface area (Å²) in [5.74, 6) is 0. The Bertz CT molecular complexity index is 897. The average Bonchev–Trinajstić information content (AvgIpc) is 2.67. The quantitative estimate of drug-likeness (QED) is 0.675. The topological polar surface area (TPSA) is 78.5 Å². The molecule has 2 N–H and O–H groups in total. The molecule has 0 fully saturated rings. The van der Waals surface area contributed by atoms with Gasteiger partial charge in [-0.25, -0.2) is 13.2 Å². The van der Waals surface area contributed by atoms with Gasteiger partial charge in [-0.15, -0.1) is 0 Å². The second-order valence-corrected chi connectivity index (χ2v) is 8.71. The largest absolute Gasteiger partial charge is 0.334 e. The van der Waals surface area contributed by atoms with Gasteiger partial charge in [-0.3, -0.25) is 0 Å². The van der Waals surface area contributed by atoms with Crippen LogP contribution in [0.1, 0.15) is 37.9 Å². The molecule has 0 aliphatic carbocycles. The summed E-state index contributed by atoms with van der Waals surface area (Å²) in [4.78, 5) is 12.4. The molecule has 2 aromatic carbocycles. The maximum Gasteiger partial charge on any atom is 0.315 e. The van der Waals surface area contributed by atoms with Crippen LogP contribution in [-0.4, -0.2) is 31.8 Å². The molecule has 8 heteroatoms. The summed E-state index contributed by atoms with van der Waals surface area (Å²) in [6, 6.07) is 13.3. The predicted molar refractivity (Wildman–Crippen MR) is 112 cm³/mol. The van der Waals surface area contributed by atoms with Gasteiger partial charge in [0.1, 0.15) is 0 Å². The van der Waals surface area contributed by atoms with E-state index in [2.05, 4.69) is 10.6 Å². The summed E-state index contributed by atoms with van der Waals surface area (Å²) in [5, 5.41) is 6.24. The highest BCUT2D eigenvalue weighted by molar-refractivity contribution is 7.89. The fourth-order valence-electron chi connectivity index (χ4n) is 2.80. The van der Waals surface area contributed by atoms with E-state index in [4.69, 9.17) is 11.6 Å². The third-order valence-electron chi connectivity index (χ3n) is 4.41. The summed E-state index contributed by atoms with van der Waals surface area (Å²) < 4.78 is 26.5. The van der Waals surface area contributed by atoms with Gasteiger partial charge in [-0.05, 0) is 42.3 Å². The Labute approximate surface area is 171 Å². The maximum absolute atomic E-state index is 12.5. The minimum absolute atomic E-state index is 0.248. The van der Waals surface area contributed by atoms with Crippen molar-refractivity contribution in [3.8, 4) is 0 Å². The fraction of sp³-hybridized carbons (Fsp3) is 0.350. The van der Waals surface area contributed by atoms with E-state index in [0.717, 1.165) is 11.1 Å². The van der Waals surface area contributed by atoms with Crippen molar-refractivity contribution in [3.63, 3.8) is 0 Å². The van der Waals surface area contributed by atoms with Gasteiger partial charge in [-0.2, -0.15) is 4.31 Å². The molecule has 28 heavy (non-hydrogen) atoms. The number of rotatable bonds is 8. The van der Waals surface area contributed by atoms with Crippen LogP contribution in [-0.2, 0) is 16.6 Å². The zero-order valence-corrected chi connectivity index (χ0v) is 17.8. The van der Waals surface area contributed by atoms with E-state index in [1.807, 2.05) is 32.9 Å². The second-order valence-electron chi connectivity index (χ2n) is 6.34. The Morgan fingerprint density at radius 1 is 1.11 bits per heavy atom. The first-order valence-electron chi connectivity index (χ1n) is 9.16. The number of benzene rings is 2. The molecule has 1 atom stereocenters. The van der Waals surface area contributed by atoms with Crippen LogP contribution in [0.25, 0.3) is 0 Å². The van der Waals surface area contributed by atoms with Gasteiger partial charge in [-0.1, -0.05) is 49.7 Å². The Balaban J connectivity index is 1.97. The highest BCUT2D eigenvalue weighted by Gasteiger charge is 2.21. The zero-order chi connectivity index (χ0) is 20.7. The molecule has 6 nitrogen and oxygen atoms in total. The number of hydrogen-bond donors (Lipinski definition) is 2. The van der Waals surface area contributed by atoms with Crippen LogP contribution in [0, 0.1) is 0 Å². The molecule has 152 valence electrons. The molecule has 0 radical (unpaired) electrons. The molecule has 0 aliphatic rings. The van der Waals surface area contributed by atoms with Crippen LogP contribution in [0.4, 0.5) is 4.79 Å². The van der Waals surface area contributed by atoms with Crippen LogP contribution in [0.5, 0.6) is 0 Å². The van der Waals surface area contributed by atoms with Crippen LogP contribution in [0.15, 0.2) is 53.4 Å².